The van der Waals surface area contributed by atoms with E-state index in [1.54, 1.807) is 24.5 Å². The smallest absolute Gasteiger partial charge is 0.157 e. The summed E-state index contributed by atoms with van der Waals surface area (Å²) in [6, 6.07) is 13.6. The molecule has 0 aliphatic rings. The Balaban J connectivity index is 1.86. The molecule has 2 heterocycles. The molecule has 0 bridgehead atoms. The van der Waals surface area contributed by atoms with Crippen LogP contribution >= 0.6 is 11.6 Å². The number of nitrogens with one attached hydrogen (secondary N) is 1. The molecule has 4 nitrogen and oxygen atoms in total. The molecule has 118 valence electrons. The van der Waals surface area contributed by atoms with E-state index in [0.717, 1.165) is 22.8 Å². The van der Waals surface area contributed by atoms with Gasteiger partial charge in [0.2, 0.25) is 0 Å². The normalized spacial score (nSPS) is 10.9. The van der Waals surface area contributed by atoms with Crippen LogP contribution in [0.5, 0.6) is 0 Å². The Hall–Kier alpha value is -2.92. The third-order valence-corrected chi connectivity index (χ3v) is 3.91. The summed E-state index contributed by atoms with van der Waals surface area (Å²) >= 11 is 5.94. The van der Waals surface area contributed by atoms with Crippen LogP contribution < -0.4 is 5.32 Å². The Morgan fingerprint density at radius 1 is 1.00 bits per heavy atom. The lowest BCUT2D eigenvalue weighted by Gasteiger charge is -2.09. The van der Waals surface area contributed by atoms with Crippen molar-refractivity contribution in [3.05, 3.63) is 78.0 Å². The molecule has 0 fully saturated rings. The van der Waals surface area contributed by atoms with Crippen LogP contribution in [0.25, 0.3) is 16.9 Å². The minimum atomic E-state index is -0.281. The van der Waals surface area contributed by atoms with E-state index >= 15 is 0 Å². The minimum Gasteiger partial charge on any atom is -0.339 e. The lowest BCUT2D eigenvalue weighted by Crippen LogP contribution is -1.97. The third-order valence-electron chi connectivity index (χ3n) is 3.65. The van der Waals surface area contributed by atoms with Gasteiger partial charge in [-0.1, -0.05) is 11.6 Å². The molecule has 0 unspecified atom stereocenters. The summed E-state index contributed by atoms with van der Waals surface area (Å²) in [5, 5.41) is 4.02. The van der Waals surface area contributed by atoms with Crippen molar-refractivity contribution < 1.29 is 4.39 Å². The number of aromatic nitrogens is 3. The van der Waals surface area contributed by atoms with E-state index in [4.69, 9.17) is 11.6 Å². The van der Waals surface area contributed by atoms with Crippen molar-refractivity contribution in [3.8, 4) is 11.3 Å². The van der Waals surface area contributed by atoms with Gasteiger partial charge in [0.05, 0.1) is 6.20 Å². The van der Waals surface area contributed by atoms with Gasteiger partial charge >= 0.3 is 0 Å². The molecule has 2 aromatic heterocycles. The highest BCUT2D eigenvalue weighted by atomic mass is 35.5. The Morgan fingerprint density at radius 2 is 1.75 bits per heavy atom. The second-order valence-corrected chi connectivity index (χ2v) is 5.69. The van der Waals surface area contributed by atoms with Crippen LogP contribution in [0, 0.1) is 5.82 Å². The molecule has 1 N–H and O–H groups in total. The van der Waals surface area contributed by atoms with Crippen LogP contribution in [-0.2, 0) is 0 Å². The van der Waals surface area contributed by atoms with Gasteiger partial charge in [0.15, 0.2) is 5.65 Å². The van der Waals surface area contributed by atoms with Gasteiger partial charge in [-0.2, -0.15) is 0 Å². The lowest BCUT2D eigenvalue weighted by atomic mass is 10.1. The average molecular weight is 339 g/mol. The second-order valence-electron chi connectivity index (χ2n) is 5.25. The van der Waals surface area contributed by atoms with Crippen LogP contribution in [0.1, 0.15) is 0 Å². The van der Waals surface area contributed by atoms with E-state index < -0.39 is 0 Å². The fourth-order valence-corrected chi connectivity index (χ4v) is 2.63. The van der Waals surface area contributed by atoms with Crippen molar-refractivity contribution in [1.82, 2.24) is 14.4 Å². The molecule has 4 aromatic rings. The number of imidazole rings is 1. The van der Waals surface area contributed by atoms with E-state index in [1.165, 1.54) is 12.1 Å². The Bertz CT molecular complexity index is 994. The van der Waals surface area contributed by atoms with E-state index in [0.29, 0.717) is 10.7 Å². The molecule has 0 aliphatic carbocycles. The number of nitrogens with zero attached hydrogens (tertiary/aromatic N) is 3. The van der Waals surface area contributed by atoms with E-state index in [1.807, 2.05) is 34.9 Å². The van der Waals surface area contributed by atoms with Crippen LogP contribution in [0.2, 0.25) is 5.02 Å². The summed E-state index contributed by atoms with van der Waals surface area (Å²) in [6.45, 7) is 0. The van der Waals surface area contributed by atoms with Gasteiger partial charge < -0.3 is 5.32 Å². The summed E-state index contributed by atoms with van der Waals surface area (Å²) in [5.74, 6) is 0.498. The highest BCUT2D eigenvalue weighted by molar-refractivity contribution is 6.30. The molecular weight excluding hydrogens is 327 g/mol. The van der Waals surface area contributed by atoms with Crippen molar-refractivity contribution in [1.29, 1.82) is 0 Å². The van der Waals surface area contributed by atoms with Gasteiger partial charge in [-0.05, 0) is 48.5 Å². The first-order chi connectivity index (χ1) is 11.7. The number of rotatable bonds is 3. The van der Waals surface area contributed by atoms with E-state index in [9.17, 15) is 4.39 Å². The Morgan fingerprint density at radius 3 is 2.50 bits per heavy atom. The first-order valence-corrected chi connectivity index (χ1v) is 7.69. The van der Waals surface area contributed by atoms with E-state index in [2.05, 4.69) is 15.3 Å². The summed E-state index contributed by atoms with van der Waals surface area (Å²) in [4.78, 5) is 8.72. The molecule has 4 rings (SSSR count). The van der Waals surface area contributed by atoms with Gasteiger partial charge in [0.25, 0.3) is 0 Å². The Labute approximate surface area is 142 Å². The van der Waals surface area contributed by atoms with Gasteiger partial charge in [-0.15, -0.1) is 0 Å². The summed E-state index contributed by atoms with van der Waals surface area (Å²) in [7, 11) is 0. The van der Waals surface area contributed by atoms with Gasteiger partial charge in [-0.25, -0.2) is 9.37 Å². The van der Waals surface area contributed by atoms with E-state index in [-0.39, 0.29) is 5.82 Å². The maximum atomic E-state index is 13.2. The van der Waals surface area contributed by atoms with Crippen LogP contribution in [0.15, 0.2) is 67.1 Å². The zero-order valence-corrected chi connectivity index (χ0v) is 13.2. The highest BCUT2D eigenvalue weighted by Crippen LogP contribution is 2.31. The third kappa shape index (κ3) is 2.70. The predicted molar refractivity (Wildman–Crippen MR) is 93.1 cm³/mol. The van der Waals surface area contributed by atoms with Crippen molar-refractivity contribution in [2.75, 3.05) is 5.32 Å². The lowest BCUT2D eigenvalue weighted by molar-refractivity contribution is 0.628. The molecular formula is C18H12ClFN4. The quantitative estimate of drug-likeness (QED) is 0.575. The molecule has 0 atom stereocenters. The molecule has 0 radical (unpaired) electrons. The van der Waals surface area contributed by atoms with Crippen LogP contribution in [-0.4, -0.2) is 14.4 Å². The van der Waals surface area contributed by atoms with Crippen molar-refractivity contribution in [2.24, 2.45) is 0 Å². The zero-order chi connectivity index (χ0) is 16.5. The summed E-state index contributed by atoms with van der Waals surface area (Å²) < 4.78 is 15.1. The molecule has 24 heavy (non-hydrogen) atoms. The summed E-state index contributed by atoms with van der Waals surface area (Å²) in [5.41, 5.74) is 3.11. The predicted octanol–water partition coefficient (Wildman–Crippen LogP) is 4.93. The number of hydrogen-bond donors (Lipinski definition) is 1. The maximum Gasteiger partial charge on any atom is 0.157 e. The van der Waals surface area contributed by atoms with Gasteiger partial charge in [-0.3, -0.25) is 9.38 Å². The monoisotopic (exact) mass is 338 g/mol. The number of hydrogen-bond acceptors (Lipinski definition) is 3. The van der Waals surface area contributed by atoms with Gasteiger partial charge in [0.1, 0.15) is 17.3 Å². The highest BCUT2D eigenvalue weighted by Gasteiger charge is 2.14. The fraction of sp³-hybridized carbons (Fsp3) is 0. The molecule has 0 spiro atoms. The summed E-state index contributed by atoms with van der Waals surface area (Å²) in [6.07, 6.45) is 5.20. The topological polar surface area (TPSA) is 42.2 Å². The first-order valence-electron chi connectivity index (χ1n) is 7.31. The van der Waals surface area contributed by atoms with Crippen molar-refractivity contribution in [2.45, 2.75) is 0 Å². The zero-order valence-electron chi connectivity index (χ0n) is 12.4. The first kappa shape index (κ1) is 14.7. The average Bonchev–Trinajstić information content (AvgIpc) is 2.96. The van der Waals surface area contributed by atoms with Crippen LogP contribution in [0.3, 0.4) is 0 Å². The molecule has 2 aromatic carbocycles. The number of fused-ring (bicyclic) bond motifs is 1. The fourth-order valence-electron chi connectivity index (χ4n) is 2.51. The standard InChI is InChI=1S/C18H12ClFN4/c19-13-3-7-15(8-4-13)22-18-17(12-1-5-14(20)6-2-12)23-16-11-21-9-10-24(16)18/h1-11,22H. The van der Waals surface area contributed by atoms with Crippen molar-refractivity contribution >= 4 is 28.8 Å². The molecule has 0 saturated heterocycles. The largest absolute Gasteiger partial charge is 0.339 e. The number of halogens is 2. The molecule has 0 amide bonds. The number of benzene rings is 2. The van der Waals surface area contributed by atoms with Gasteiger partial charge in [0, 0.05) is 28.7 Å². The number of anilines is 2. The van der Waals surface area contributed by atoms with Crippen LogP contribution in [0.4, 0.5) is 15.9 Å². The minimum absolute atomic E-state index is 0.281. The van der Waals surface area contributed by atoms with Crippen molar-refractivity contribution in [3.63, 3.8) is 0 Å². The maximum absolute atomic E-state index is 13.2. The SMILES string of the molecule is Fc1ccc(-c2nc3cnccn3c2Nc2ccc(Cl)cc2)cc1. The second kappa shape index (κ2) is 5.94. The molecule has 0 aliphatic heterocycles. The Kier molecular flexibility index (Phi) is 3.63. The molecule has 6 heteroatoms. The molecule has 0 saturated carbocycles.